The van der Waals surface area contributed by atoms with Crippen LogP contribution in [0.3, 0.4) is 0 Å². The summed E-state index contributed by atoms with van der Waals surface area (Å²) in [6.07, 6.45) is -3.79. The molecule has 10 heteroatoms. The number of alkyl halides is 3. The number of amides is 1. The van der Waals surface area contributed by atoms with Crippen molar-refractivity contribution in [1.82, 2.24) is 9.13 Å². The van der Waals surface area contributed by atoms with Crippen LogP contribution in [0.15, 0.2) is 39.9 Å². The van der Waals surface area contributed by atoms with Gasteiger partial charge in [0.05, 0.1) is 6.42 Å². The molecule has 1 aliphatic rings. The van der Waals surface area contributed by atoms with Gasteiger partial charge in [0.1, 0.15) is 0 Å². The SMILES string of the molecule is NC(=O)c1c(O)c(=O)n(CCC(F)(F)F)c(=O)n1C1CCC(c2ccccc2)CC1. The van der Waals surface area contributed by atoms with E-state index in [9.17, 15) is 32.7 Å². The lowest BCUT2D eigenvalue weighted by atomic mass is 9.81. The van der Waals surface area contributed by atoms with Gasteiger partial charge in [-0.15, -0.1) is 0 Å². The van der Waals surface area contributed by atoms with Crippen molar-refractivity contribution < 1.29 is 23.1 Å². The Balaban J connectivity index is 1.97. The van der Waals surface area contributed by atoms with E-state index in [0.29, 0.717) is 30.3 Å². The Morgan fingerprint density at radius 2 is 1.70 bits per heavy atom. The summed E-state index contributed by atoms with van der Waals surface area (Å²) in [6, 6.07) is 9.17. The number of carbonyl (C=O) groups is 1. The number of halogens is 3. The quantitative estimate of drug-likeness (QED) is 0.768. The maximum absolute atomic E-state index is 12.9. The molecule has 1 aromatic heterocycles. The van der Waals surface area contributed by atoms with Gasteiger partial charge in [0.25, 0.3) is 11.5 Å². The number of carbonyl (C=O) groups excluding carboxylic acids is 1. The van der Waals surface area contributed by atoms with Crippen molar-refractivity contribution in [2.24, 2.45) is 5.73 Å². The van der Waals surface area contributed by atoms with Crippen molar-refractivity contribution >= 4 is 5.91 Å². The van der Waals surface area contributed by atoms with Gasteiger partial charge in [-0.2, -0.15) is 13.2 Å². The third-order valence-corrected chi connectivity index (χ3v) is 5.54. The Morgan fingerprint density at radius 3 is 2.23 bits per heavy atom. The summed E-state index contributed by atoms with van der Waals surface area (Å²) in [7, 11) is 0. The van der Waals surface area contributed by atoms with Gasteiger partial charge >= 0.3 is 11.9 Å². The van der Waals surface area contributed by atoms with Crippen LogP contribution >= 0.6 is 0 Å². The summed E-state index contributed by atoms with van der Waals surface area (Å²) in [5, 5.41) is 10.2. The van der Waals surface area contributed by atoms with Crippen molar-refractivity contribution in [3.8, 4) is 5.75 Å². The second kappa shape index (κ2) is 8.37. The minimum absolute atomic E-state index is 0.236. The maximum atomic E-state index is 12.9. The molecular weight excluding hydrogens is 403 g/mol. The number of benzene rings is 1. The molecule has 1 fully saturated rings. The molecule has 2 aromatic rings. The van der Waals surface area contributed by atoms with Crippen molar-refractivity contribution in [1.29, 1.82) is 0 Å². The number of aromatic hydroxyl groups is 1. The van der Waals surface area contributed by atoms with E-state index < -0.39 is 53.8 Å². The molecule has 1 amide bonds. The Labute approximate surface area is 169 Å². The molecule has 1 heterocycles. The highest BCUT2D eigenvalue weighted by molar-refractivity contribution is 5.93. The van der Waals surface area contributed by atoms with E-state index >= 15 is 0 Å². The molecule has 0 radical (unpaired) electrons. The van der Waals surface area contributed by atoms with Crippen molar-refractivity contribution in [2.75, 3.05) is 0 Å². The van der Waals surface area contributed by atoms with E-state index in [1.54, 1.807) is 0 Å². The zero-order valence-corrected chi connectivity index (χ0v) is 16.1. The van der Waals surface area contributed by atoms with Crippen LogP contribution in [0.5, 0.6) is 5.75 Å². The lowest BCUT2D eigenvalue weighted by molar-refractivity contribution is -0.137. The average molecular weight is 425 g/mol. The number of hydrogen-bond acceptors (Lipinski definition) is 4. The molecule has 30 heavy (non-hydrogen) atoms. The van der Waals surface area contributed by atoms with E-state index in [4.69, 9.17) is 5.73 Å². The Bertz CT molecular complexity index is 1040. The highest BCUT2D eigenvalue weighted by Gasteiger charge is 2.32. The summed E-state index contributed by atoms with van der Waals surface area (Å²) < 4.78 is 39.1. The molecule has 162 valence electrons. The summed E-state index contributed by atoms with van der Waals surface area (Å²) in [4.78, 5) is 37.0. The molecule has 0 unspecified atom stereocenters. The van der Waals surface area contributed by atoms with E-state index in [1.807, 2.05) is 30.3 Å². The summed E-state index contributed by atoms with van der Waals surface area (Å²) >= 11 is 0. The molecule has 0 bridgehead atoms. The second-order valence-corrected chi connectivity index (χ2v) is 7.45. The lowest BCUT2D eigenvalue weighted by Crippen LogP contribution is -2.45. The van der Waals surface area contributed by atoms with Gasteiger partial charge in [0, 0.05) is 12.6 Å². The highest BCUT2D eigenvalue weighted by Crippen LogP contribution is 2.38. The molecule has 1 aliphatic carbocycles. The molecule has 0 saturated heterocycles. The minimum Gasteiger partial charge on any atom is -0.501 e. The number of nitrogens with two attached hydrogens (primary N) is 1. The Morgan fingerprint density at radius 1 is 1.10 bits per heavy atom. The first kappa shape index (κ1) is 21.7. The number of primary amides is 1. The Kier molecular flexibility index (Phi) is 6.04. The zero-order chi connectivity index (χ0) is 22.1. The first-order chi connectivity index (χ1) is 14.1. The fourth-order valence-corrected chi connectivity index (χ4v) is 4.06. The van der Waals surface area contributed by atoms with E-state index in [-0.39, 0.29) is 5.92 Å². The summed E-state index contributed by atoms with van der Waals surface area (Å²) in [6.45, 7) is -0.951. The normalized spacial score (nSPS) is 19.6. The lowest BCUT2D eigenvalue weighted by Gasteiger charge is -2.31. The predicted molar refractivity (Wildman–Crippen MR) is 103 cm³/mol. The molecule has 0 spiro atoms. The average Bonchev–Trinajstić information content (AvgIpc) is 2.70. The number of nitrogens with zero attached hydrogens (tertiary/aromatic N) is 2. The number of hydrogen-bond donors (Lipinski definition) is 2. The van der Waals surface area contributed by atoms with Crippen LogP contribution in [0.1, 0.15) is 60.1 Å². The van der Waals surface area contributed by atoms with Gasteiger partial charge in [0.15, 0.2) is 5.69 Å². The second-order valence-electron chi connectivity index (χ2n) is 7.45. The van der Waals surface area contributed by atoms with Gasteiger partial charge in [0.2, 0.25) is 5.75 Å². The third kappa shape index (κ3) is 4.42. The molecule has 3 rings (SSSR count). The summed E-state index contributed by atoms with van der Waals surface area (Å²) in [5.41, 5.74) is 3.34. The van der Waals surface area contributed by atoms with Crippen molar-refractivity contribution in [3.63, 3.8) is 0 Å². The van der Waals surface area contributed by atoms with Crippen LogP contribution in [0, 0.1) is 0 Å². The van der Waals surface area contributed by atoms with Crippen LogP contribution in [-0.2, 0) is 6.54 Å². The van der Waals surface area contributed by atoms with Crippen LogP contribution in [-0.4, -0.2) is 26.3 Å². The number of aromatic nitrogens is 2. The smallest absolute Gasteiger partial charge is 0.390 e. The van der Waals surface area contributed by atoms with Crippen LogP contribution in [0.25, 0.3) is 0 Å². The first-order valence-corrected chi connectivity index (χ1v) is 9.60. The third-order valence-electron chi connectivity index (χ3n) is 5.54. The topological polar surface area (TPSA) is 107 Å². The monoisotopic (exact) mass is 425 g/mol. The molecule has 7 nitrogen and oxygen atoms in total. The van der Waals surface area contributed by atoms with Gasteiger partial charge in [-0.25, -0.2) is 4.79 Å². The van der Waals surface area contributed by atoms with E-state index in [2.05, 4.69) is 0 Å². The fraction of sp³-hybridized carbons (Fsp3) is 0.450. The minimum atomic E-state index is -4.59. The largest absolute Gasteiger partial charge is 0.501 e. The van der Waals surface area contributed by atoms with Gasteiger partial charge in [-0.3, -0.25) is 18.7 Å². The fourth-order valence-electron chi connectivity index (χ4n) is 4.06. The highest BCUT2D eigenvalue weighted by atomic mass is 19.4. The van der Waals surface area contributed by atoms with Gasteiger partial charge < -0.3 is 10.8 Å². The van der Waals surface area contributed by atoms with Crippen molar-refractivity contribution in [2.45, 2.75) is 56.8 Å². The van der Waals surface area contributed by atoms with E-state index in [0.717, 1.165) is 10.1 Å². The summed E-state index contributed by atoms with van der Waals surface area (Å²) in [5.74, 6) is -2.05. The van der Waals surface area contributed by atoms with E-state index in [1.165, 1.54) is 0 Å². The number of rotatable bonds is 5. The zero-order valence-electron chi connectivity index (χ0n) is 16.1. The van der Waals surface area contributed by atoms with Gasteiger partial charge in [-0.05, 0) is 37.2 Å². The van der Waals surface area contributed by atoms with Crippen LogP contribution in [0.4, 0.5) is 13.2 Å². The van der Waals surface area contributed by atoms with Crippen LogP contribution in [0.2, 0.25) is 0 Å². The molecular formula is C20H22F3N3O4. The standard InChI is InChI=1S/C20H22F3N3O4/c21-20(22,23)10-11-25-18(29)16(27)15(17(24)28)26(19(25)30)14-8-6-13(7-9-14)12-4-2-1-3-5-12/h1-5,13-14,27H,6-11H2,(H2,24,28). The van der Waals surface area contributed by atoms with Gasteiger partial charge in [-0.1, -0.05) is 30.3 Å². The first-order valence-electron chi connectivity index (χ1n) is 9.60. The molecule has 0 aliphatic heterocycles. The Hall–Kier alpha value is -3.04. The maximum Gasteiger partial charge on any atom is 0.390 e. The van der Waals surface area contributed by atoms with Crippen molar-refractivity contribution in [3.05, 3.63) is 62.4 Å². The molecule has 0 atom stereocenters. The molecule has 1 aromatic carbocycles. The van der Waals surface area contributed by atoms with Crippen LogP contribution < -0.4 is 17.0 Å². The molecule has 3 N–H and O–H groups in total. The molecule has 1 saturated carbocycles. The predicted octanol–water partition coefficient (Wildman–Crippen LogP) is 2.67.